The molecule has 0 saturated carbocycles. The molecule has 0 bridgehead atoms. The van der Waals surface area contributed by atoms with E-state index in [1.807, 2.05) is 6.92 Å². The van der Waals surface area contributed by atoms with Gasteiger partial charge in [0.2, 0.25) is 0 Å². The van der Waals surface area contributed by atoms with Crippen molar-refractivity contribution in [2.75, 3.05) is 13.2 Å². The Kier molecular flexibility index (Phi) is 4.56. The molecule has 17 heavy (non-hydrogen) atoms. The van der Waals surface area contributed by atoms with E-state index in [1.54, 1.807) is 11.3 Å². The first-order valence-electron chi connectivity index (χ1n) is 6.21. The molecular formula is C13H21NO2S. The molecule has 0 spiro atoms. The molecule has 2 N–H and O–H groups in total. The molecule has 3 nitrogen and oxygen atoms in total. The molecule has 2 atom stereocenters. The molecule has 0 amide bonds. The highest BCUT2D eigenvalue weighted by molar-refractivity contribution is 7.10. The zero-order valence-corrected chi connectivity index (χ0v) is 11.3. The molecule has 1 aromatic rings. The van der Waals surface area contributed by atoms with Gasteiger partial charge in [-0.15, -0.1) is 11.3 Å². The Labute approximate surface area is 107 Å². The summed E-state index contributed by atoms with van der Waals surface area (Å²) in [4.78, 5) is 1.27. The summed E-state index contributed by atoms with van der Waals surface area (Å²) in [7, 11) is 0. The molecule has 1 aliphatic heterocycles. The zero-order chi connectivity index (χ0) is 12.3. The van der Waals surface area contributed by atoms with Gasteiger partial charge in [0.15, 0.2) is 0 Å². The van der Waals surface area contributed by atoms with Crippen LogP contribution in [0.5, 0.6) is 0 Å². The molecule has 0 aromatic carbocycles. The molecular weight excluding hydrogens is 234 g/mol. The van der Waals surface area contributed by atoms with E-state index in [0.29, 0.717) is 6.10 Å². The van der Waals surface area contributed by atoms with Gasteiger partial charge < -0.3 is 15.2 Å². The molecule has 1 aliphatic rings. The topological polar surface area (TPSA) is 44.5 Å². The quantitative estimate of drug-likeness (QED) is 0.899. The summed E-state index contributed by atoms with van der Waals surface area (Å²) in [6, 6.07) is 2.15. The summed E-state index contributed by atoms with van der Waals surface area (Å²) in [5.74, 6) is 0. The van der Waals surface area contributed by atoms with E-state index in [2.05, 4.69) is 18.4 Å². The van der Waals surface area contributed by atoms with Gasteiger partial charge in [-0.1, -0.05) is 0 Å². The van der Waals surface area contributed by atoms with E-state index >= 15 is 0 Å². The van der Waals surface area contributed by atoms with Crippen LogP contribution in [-0.4, -0.2) is 25.4 Å². The second-order valence-electron chi connectivity index (χ2n) is 4.70. The van der Waals surface area contributed by atoms with Gasteiger partial charge in [0.05, 0.1) is 6.10 Å². The number of thiophene rings is 1. The van der Waals surface area contributed by atoms with Crippen LogP contribution in [0.25, 0.3) is 0 Å². The summed E-state index contributed by atoms with van der Waals surface area (Å²) in [5, 5.41) is 2.10. The Bertz CT molecular complexity index is 345. The van der Waals surface area contributed by atoms with Crippen LogP contribution in [0.1, 0.15) is 36.3 Å². The van der Waals surface area contributed by atoms with Crippen LogP contribution in [0.3, 0.4) is 0 Å². The van der Waals surface area contributed by atoms with Crippen molar-refractivity contribution in [3.05, 3.63) is 21.9 Å². The van der Waals surface area contributed by atoms with E-state index < -0.39 is 0 Å². The number of hydrogen-bond donors (Lipinski definition) is 1. The Morgan fingerprint density at radius 2 is 2.18 bits per heavy atom. The maximum Gasteiger partial charge on any atom is 0.107 e. The van der Waals surface area contributed by atoms with Crippen LogP contribution in [0.2, 0.25) is 0 Å². The van der Waals surface area contributed by atoms with Crippen molar-refractivity contribution in [2.45, 2.75) is 44.9 Å². The minimum absolute atomic E-state index is 0.0233. The Balaban J connectivity index is 2.05. The summed E-state index contributed by atoms with van der Waals surface area (Å²) in [5.41, 5.74) is 7.35. The fourth-order valence-electron chi connectivity index (χ4n) is 2.12. The fourth-order valence-corrected chi connectivity index (χ4v) is 3.20. The predicted molar refractivity (Wildman–Crippen MR) is 70.4 cm³/mol. The van der Waals surface area contributed by atoms with Crippen molar-refractivity contribution in [1.82, 2.24) is 0 Å². The zero-order valence-electron chi connectivity index (χ0n) is 10.5. The Morgan fingerprint density at radius 3 is 2.71 bits per heavy atom. The average Bonchev–Trinajstić information content (AvgIpc) is 2.73. The maximum atomic E-state index is 6.18. The van der Waals surface area contributed by atoms with Crippen LogP contribution in [-0.2, 0) is 9.47 Å². The molecule has 1 aromatic heterocycles. The van der Waals surface area contributed by atoms with Crippen molar-refractivity contribution < 1.29 is 9.47 Å². The molecule has 2 unspecified atom stereocenters. The standard InChI is InChI=1S/C13H21NO2S/c1-9-5-8-17-13(9)12(10(2)14)16-11-3-6-15-7-4-11/h5,8,10-12H,3-4,6-7,14H2,1-2H3. The van der Waals surface area contributed by atoms with E-state index in [9.17, 15) is 0 Å². The van der Waals surface area contributed by atoms with Gasteiger partial charge in [0.25, 0.3) is 0 Å². The minimum Gasteiger partial charge on any atom is -0.381 e. The lowest BCUT2D eigenvalue weighted by molar-refractivity contribution is -0.0748. The summed E-state index contributed by atoms with van der Waals surface area (Å²) in [6.45, 7) is 5.75. The predicted octanol–water partition coefficient (Wildman–Crippen LogP) is 2.64. The van der Waals surface area contributed by atoms with Crippen molar-refractivity contribution >= 4 is 11.3 Å². The smallest absolute Gasteiger partial charge is 0.107 e. The number of rotatable bonds is 4. The Hall–Kier alpha value is -0.420. The highest BCUT2D eigenvalue weighted by Gasteiger charge is 2.25. The first kappa shape index (κ1) is 13.0. The van der Waals surface area contributed by atoms with Gasteiger partial charge in [-0.25, -0.2) is 0 Å². The van der Waals surface area contributed by atoms with Crippen molar-refractivity contribution in [1.29, 1.82) is 0 Å². The average molecular weight is 255 g/mol. The van der Waals surface area contributed by atoms with Gasteiger partial charge in [0.1, 0.15) is 6.10 Å². The lowest BCUT2D eigenvalue weighted by Gasteiger charge is -2.29. The third-order valence-electron chi connectivity index (χ3n) is 3.15. The van der Waals surface area contributed by atoms with Crippen molar-refractivity contribution in [3.8, 4) is 0 Å². The van der Waals surface area contributed by atoms with Gasteiger partial charge >= 0.3 is 0 Å². The number of nitrogens with two attached hydrogens (primary N) is 1. The lowest BCUT2D eigenvalue weighted by atomic mass is 10.1. The molecule has 2 heterocycles. The first-order chi connectivity index (χ1) is 8.18. The largest absolute Gasteiger partial charge is 0.381 e. The van der Waals surface area contributed by atoms with Gasteiger partial charge in [-0.3, -0.25) is 0 Å². The van der Waals surface area contributed by atoms with E-state index in [4.69, 9.17) is 15.2 Å². The van der Waals surface area contributed by atoms with Gasteiger partial charge in [-0.05, 0) is 43.7 Å². The number of hydrogen-bond acceptors (Lipinski definition) is 4. The van der Waals surface area contributed by atoms with E-state index in [1.165, 1.54) is 10.4 Å². The van der Waals surface area contributed by atoms with Crippen LogP contribution in [0.4, 0.5) is 0 Å². The summed E-state index contributed by atoms with van der Waals surface area (Å²) in [6.07, 6.45) is 2.28. The monoisotopic (exact) mass is 255 g/mol. The van der Waals surface area contributed by atoms with Gasteiger partial charge in [-0.2, -0.15) is 0 Å². The van der Waals surface area contributed by atoms with Crippen LogP contribution >= 0.6 is 11.3 Å². The highest BCUT2D eigenvalue weighted by atomic mass is 32.1. The van der Waals surface area contributed by atoms with E-state index in [-0.39, 0.29) is 12.1 Å². The molecule has 4 heteroatoms. The van der Waals surface area contributed by atoms with Gasteiger partial charge in [0, 0.05) is 24.1 Å². The fraction of sp³-hybridized carbons (Fsp3) is 0.692. The van der Waals surface area contributed by atoms with Crippen LogP contribution in [0, 0.1) is 6.92 Å². The summed E-state index contributed by atoms with van der Waals surface area (Å²) >= 11 is 1.74. The normalized spacial score (nSPS) is 21.4. The second-order valence-corrected chi connectivity index (χ2v) is 5.64. The van der Waals surface area contributed by atoms with Crippen molar-refractivity contribution in [2.24, 2.45) is 5.73 Å². The first-order valence-corrected chi connectivity index (χ1v) is 7.09. The third-order valence-corrected chi connectivity index (χ3v) is 4.23. The third kappa shape index (κ3) is 3.28. The number of ether oxygens (including phenoxy) is 2. The second kappa shape index (κ2) is 5.96. The highest BCUT2D eigenvalue weighted by Crippen LogP contribution is 2.31. The summed E-state index contributed by atoms with van der Waals surface area (Å²) < 4.78 is 11.5. The molecule has 0 radical (unpaired) electrons. The Morgan fingerprint density at radius 1 is 1.47 bits per heavy atom. The number of aryl methyl sites for hydroxylation is 1. The lowest BCUT2D eigenvalue weighted by Crippen LogP contribution is -2.33. The molecule has 2 rings (SSSR count). The van der Waals surface area contributed by atoms with Crippen LogP contribution < -0.4 is 5.73 Å². The molecule has 1 fully saturated rings. The molecule has 96 valence electrons. The van der Waals surface area contributed by atoms with Crippen molar-refractivity contribution in [3.63, 3.8) is 0 Å². The minimum atomic E-state index is 0.0233. The molecule has 0 aliphatic carbocycles. The van der Waals surface area contributed by atoms with E-state index in [0.717, 1.165) is 26.1 Å². The SMILES string of the molecule is Cc1ccsc1C(OC1CCOCC1)C(C)N. The maximum absolute atomic E-state index is 6.18. The van der Waals surface area contributed by atoms with Crippen LogP contribution in [0.15, 0.2) is 11.4 Å². The molecule has 1 saturated heterocycles.